The number of nitriles is 1. The highest BCUT2D eigenvalue weighted by Gasteiger charge is 2.22. The molecule has 0 aromatic carbocycles. The molecule has 0 radical (unpaired) electrons. The third-order valence-corrected chi connectivity index (χ3v) is 3.70. The van der Waals surface area contributed by atoms with Crippen LogP contribution in [0.4, 0.5) is 0 Å². The molecule has 1 unspecified atom stereocenters. The minimum atomic E-state index is 0.0213. The van der Waals surface area contributed by atoms with E-state index in [1.807, 2.05) is 12.1 Å². The molecule has 3 heteroatoms. The lowest BCUT2D eigenvalue weighted by molar-refractivity contribution is 0.506. The molecule has 1 aromatic rings. The number of aromatic nitrogens is 1. The number of hydrogen-bond acceptors (Lipinski definition) is 3. The van der Waals surface area contributed by atoms with Crippen LogP contribution in [-0.4, -0.2) is 11.5 Å². The summed E-state index contributed by atoms with van der Waals surface area (Å²) < 4.78 is 0. The van der Waals surface area contributed by atoms with Gasteiger partial charge in [0.1, 0.15) is 6.07 Å². The maximum absolute atomic E-state index is 9.30. The van der Waals surface area contributed by atoms with Crippen LogP contribution in [0.1, 0.15) is 69.4 Å². The molecule has 3 nitrogen and oxygen atoms in total. The smallest absolute Gasteiger partial charge is 0.101 e. The minimum Gasteiger partial charge on any atom is -0.309 e. The summed E-state index contributed by atoms with van der Waals surface area (Å²) >= 11 is 0. The summed E-state index contributed by atoms with van der Waals surface area (Å²) in [6.07, 6.45) is 4.78. The first-order valence-corrected chi connectivity index (χ1v) is 7.17. The number of pyridine rings is 1. The Hall–Kier alpha value is -1.40. The summed E-state index contributed by atoms with van der Waals surface area (Å²) in [4.78, 5) is 4.80. The van der Waals surface area contributed by atoms with E-state index in [1.54, 1.807) is 0 Å². The van der Waals surface area contributed by atoms with Crippen molar-refractivity contribution in [1.82, 2.24) is 10.3 Å². The van der Waals surface area contributed by atoms with E-state index >= 15 is 0 Å². The quantitative estimate of drug-likeness (QED) is 0.838. The number of nitrogens with one attached hydrogen (secondary N) is 1. The molecular formula is C16H23N3. The molecule has 0 spiro atoms. The van der Waals surface area contributed by atoms with Crippen LogP contribution >= 0.6 is 0 Å². The molecule has 0 amide bonds. The van der Waals surface area contributed by atoms with Gasteiger partial charge in [0.05, 0.1) is 17.3 Å². The van der Waals surface area contributed by atoms with E-state index in [9.17, 15) is 5.26 Å². The molecule has 2 rings (SSSR count). The van der Waals surface area contributed by atoms with Crippen LogP contribution in [0.2, 0.25) is 0 Å². The lowest BCUT2D eigenvalue weighted by Crippen LogP contribution is -2.24. The van der Waals surface area contributed by atoms with Gasteiger partial charge in [0, 0.05) is 11.1 Å². The highest BCUT2D eigenvalue weighted by molar-refractivity contribution is 5.37. The van der Waals surface area contributed by atoms with Crippen LogP contribution in [0, 0.1) is 11.3 Å². The van der Waals surface area contributed by atoms with Gasteiger partial charge in [-0.05, 0) is 31.5 Å². The Bertz CT molecular complexity index is 472. The topological polar surface area (TPSA) is 48.7 Å². The summed E-state index contributed by atoms with van der Waals surface area (Å²) in [6.45, 7) is 7.50. The van der Waals surface area contributed by atoms with Crippen molar-refractivity contribution < 1.29 is 0 Å². The van der Waals surface area contributed by atoms with E-state index in [1.165, 1.54) is 19.3 Å². The molecule has 1 atom stereocenters. The van der Waals surface area contributed by atoms with E-state index in [4.69, 9.17) is 4.98 Å². The summed E-state index contributed by atoms with van der Waals surface area (Å²) in [5.41, 5.74) is 2.74. The molecule has 0 bridgehead atoms. The summed E-state index contributed by atoms with van der Waals surface area (Å²) in [5.74, 6) is 0. The molecule has 2 heterocycles. The van der Waals surface area contributed by atoms with Crippen LogP contribution in [0.15, 0.2) is 12.1 Å². The van der Waals surface area contributed by atoms with E-state index in [-0.39, 0.29) is 11.5 Å². The van der Waals surface area contributed by atoms with Crippen LogP contribution in [0.25, 0.3) is 0 Å². The van der Waals surface area contributed by atoms with Crippen molar-refractivity contribution in [3.63, 3.8) is 0 Å². The summed E-state index contributed by atoms with van der Waals surface area (Å²) in [7, 11) is 0. The molecule has 0 saturated carbocycles. The maximum atomic E-state index is 9.30. The molecule has 19 heavy (non-hydrogen) atoms. The van der Waals surface area contributed by atoms with Crippen molar-refractivity contribution in [2.45, 2.75) is 57.9 Å². The van der Waals surface area contributed by atoms with Crippen LogP contribution in [0.3, 0.4) is 0 Å². The number of rotatable bonds is 1. The fraction of sp³-hybridized carbons (Fsp3) is 0.625. The molecule has 1 fully saturated rings. The van der Waals surface area contributed by atoms with Crippen molar-refractivity contribution in [2.24, 2.45) is 0 Å². The van der Waals surface area contributed by atoms with Gasteiger partial charge in [0.2, 0.25) is 0 Å². The third-order valence-electron chi connectivity index (χ3n) is 3.70. The molecule has 1 aliphatic heterocycles. The second kappa shape index (κ2) is 5.71. The average Bonchev–Trinajstić information content (AvgIpc) is 2.65. The second-order valence-corrected chi connectivity index (χ2v) is 6.35. The Morgan fingerprint density at radius 1 is 1.26 bits per heavy atom. The zero-order valence-electron chi connectivity index (χ0n) is 12.2. The van der Waals surface area contributed by atoms with Gasteiger partial charge >= 0.3 is 0 Å². The summed E-state index contributed by atoms with van der Waals surface area (Å²) in [6, 6.07) is 6.44. The second-order valence-electron chi connectivity index (χ2n) is 6.35. The normalized spacial score (nSPS) is 20.6. The fourth-order valence-electron chi connectivity index (χ4n) is 2.51. The highest BCUT2D eigenvalue weighted by Crippen LogP contribution is 2.27. The largest absolute Gasteiger partial charge is 0.309 e. The van der Waals surface area contributed by atoms with E-state index in [0.29, 0.717) is 5.56 Å². The van der Waals surface area contributed by atoms with Crippen molar-refractivity contribution in [3.8, 4) is 6.07 Å². The Morgan fingerprint density at radius 2 is 2.05 bits per heavy atom. The molecule has 1 N–H and O–H groups in total. The average molecular weight is 257 g/mol. The molecule has 1 aliphatic rings. The van der Waals surface area contributed by atoms with Crippen LogP contribution in [0.5, 0.6) is 0 Å². The minimum absolute atomic E-state index is 0.0213. The molecular weight excluding hydrogens is 234 g/mol. The van der Waals surface area contributed by atoms with E-state index in [0.717, 1.165) is 24.4 Å². The van der Waals surface area contributed by atoms with Gasteiger partial charge in [0.15, 0.2) is 0 Å². The third kappa shape index (κ3) is 3.33. The Morgan fingerprint density at radius 3 is 2.74 bits per heavy atom. The van der Waals surface area contributed by atoms with Gasteiger partial charge in [-0.3, -0.25) is 4.98 Å². The standard InChI is InChI=1S/C16H23N3/c1-16(2,3)14-9-8-12(11-17)15(19-14)13-7-5-4-6-10-18-13/h8-9,13,18H,4-7,10H2,1-3H3. The molecule has 102 valence electrons. The predicted molar refractivity (Wildman–Crippen MR) is 76.9 cm³/mol. The molecule has 1 saturated heterocycles. The van der Waals surface area contributed by atoms with Gasteiger partial charge in [-0.15, -0.1) is 0 Å². The number of nitrogens with zero attached hydrogens (tertiary/aromatic N) is 2. The van der Waals surface area contributed by atoms with Crippen molar-refractivity contribution in [1.29, 1.82) is 5.26 Å². The lowest BCUT2D eigenvalue weighted by atomic mass is 9.90. The van der Waals surface area contributed by atoms with Gasteiger partial charge in [-0.25, -0.2) is 0 Å². The zero-order valence-corrected chi connectivity index (χ0v) is 12.2. The molecule has 1 aromatic heterocycles. The highest BCUT2D eigenvalue weighted by atomic mass is 14.9. The maximum Gasteiger partial charge on any atom is 0.101 e. The number of hydrogen-bond donors (Lipinski definition) is 1. The van der Waals surface area contributed by atoms with Gasteiger partial charge in [0.25, 0.3) is 0 Å². The van der Waals surface area contributed by atoms with Crippen molar-refractivity contribution in [2.75, 3.05) is 6.54 Å². The SMILES string of the molecule is CC(C)(C)c1ccc(C#N)c(C2CCCCCN2)n1. The van der Waals surface area contributed by atoms with Gasteiger partial charge in [-0.1, -0.05) is 33.6 Å². The van der Waals surface area contributed by atoms with E-state index in [2.05, 4.69) is 32.2 Å². The first-order chi connectivity index (χ1) is 9.02. The van der Waals surface area contributed by atoms with Gasteiger partial charge in [-0.2, -0.15) is 5.26 Å². The Labute approximate surface area is 116 Å². The first kappa shape index (κ1) is 14.0. The first-order valence-electron chi connectivity index (χ1n) is 7.17. The van der Waals surface area contributed by atoms with Gasteiger partial charge < -0.3 is 5.32 Å². The molecule has 0 aliphatic carbocycles. The van der Waals surface area contributed by atoms with Crippen molar-refractivity contribution >= 4 is 0 Å². The Kier molecular flexibility index (Phi) is 4.21. The fourth-order valence-corrected chi connectivity index (χ4v) is 2.51. The zero-order chi connectivity index (χ0) is 13.9. The monoisotopic (exact) mass is 257 g/mol. The van der Waals surface area contributed by atoms with Crippen molar-refractivity contribution in [3.05, 3.63) is 29.1 Å². The summed E-state index contributed by atoms with van der Waals surface area (Å²) in [5, 5.41) is 12.8. The Balaban J connectivity index is 2.38. The van der Waals surface area contributed by atoms with E-state index < -0.39 is 0 Å². The van der Waals surface area contributed by atoms with Crippen LogP contribution in [-0.2, 0) is 5.41 Å². The lowest BCUT2D eigenvalue weighted by Gasteiger charge is -2.22. The predicted octanol–water partition coefficient (Wildman–Crippen LogP) is 3.46. The van der Waals surface area contributed by atoms with Crippen LogP contribution < -0.4 is 5.32 Å².